The third-order valence-electron chi connectivity index (χ3n) is 4.54. The topological polar surface area (TPSA) is 71.7 Å². The number of piperazine rings is 1. The fourth-order valence-electron chi connectivity index (χ4n) is 2.97. The summed E-state index contributed by atoms with van der Waals surface area (Å²) in [5.74, 6) is 0.547. The highest BCUT2D eigenvalue weighted by molar-refractivity contribution is 5.77. The first kappa shape index (κ1) is 20.3. The second-order valence-corrected chi connectivity index (χ2v) is 6.52. The van der Waals surface area contributed by atoms with E-state index < -0.39 is 25.3 Å². The molecule has 1 aromatic heterocycles. The van der Waals surface area contributed by atoms with Gasteiger partial charge in [-0.15, -0.1) is 0 Å². The van der Waals surface area contributed by atoms with E-state index in [1.54, 1.807) is 0 Å². The third-order valence-corrected chi connectivity index (χ3v) is 4.54. The van der Waals surface area contributed by atoms with Crippen LogP contribution >= 0.6 is 0 Å². The number of rotatable bonds is 6. The molecule has 1 unspecified atom stereocenters. The maximum atomic E-state index is 12.1. The Balaban J connectivity index is 1.49. The summed E-state index contributed by atoms with van der Waals surface area (Å²) in [6.07, 6.45) is -4.43. The van der Waals surface area contributed by atoms with Gasteiger partial charge in [-0.3, -0.25) is 9.69 Å². The van der Waals surface area contributed by atoms with Crippen LogP contribution in [-0.4, -0.2) is 71.4 Å². The molecule has 1 fully saturated rings. The van der Waals surface area contributed by atoms with Crippen molar-refractivity contribution in [3.8, 4) is 11.4 Å². The highest BCUT2D eigenvalue weighted by Gasteiger charge is 2.30. The van der Waals surface area contributed by atoms with Gasteiger partial charge in [0.1, 0.15) is 13.2 Å². The average molecular weight is 398 g/mol. The van der Waals surface area contributed by atoms with Crippen molar-refractivity contribution in [3.05, 3.63) is 36.2 Å². The zero-order chi connectivity index (χ0) is 20.1. The normalized spacial score (nSPS) is 16.9. The highest BCUT2D eigenvalue weighted by atomic mass is 19.4. The molecule has 1 saturated heterocycles. The summed E-state index contributed by atoms with van der Waals surface area (Å²) in [7, 11) is 0. The van der Waals surface area contributed by atoms with Crippen molar-refractivity contribution in [2.75, 3.05) is 39.4 Å². The molecule has 1 aliphatic heterocycles. The van der Waals surface area contributed by atoms with Crippen LogP contribution in [0, 0.1) is 0 Å². The second-order valence-electron chi connectivity index (χ2n) is 6.52. The summed E-state index contributed by atoms with van der Waals surface area (Å²) in [6.45, 7) is 1.85. The van der Waals surface area contributed by atoms with Gasteiger partial charge in [-0.2, -0.15) is 18.2 Å². The number of amides is 1. The largest absolute Gasteiger partial charge is 0.411 e. The van der Waals surface area contributed by atoms with E-state index in [4.69, 9.17) is 4.52 Å². The van der Waals surface area contributed by atoms with E-state index in [0.29, 0.717) is 37.9 Å². The lowest BCUT2D eigenvalue weighted by Crippen LogP contribution is -2.50. The van der Waals surface area contributed by atoms with E-state index in [2.05, 4.69) is 19.8 Å². The molecule has 2 heterocycles. The maximum absolute atomic E-state index is 12.1. The van der Waals surface area contributed by atoms with E-state index in [1.807, 2.05) is 37.3 Å². The van der Waals surface area contributed by atoms with Crippen molar-refractivity contribution >= 4 is 5.91 Å². The van der Waals surface area contributed by atoms with Gasteiger partial charge in [0.15, 0.2) is 0 Å². The van der Waals surface area contributed by atoms with Gasteiger partial charge in [0.25, 0.3) is 0 Å². The van der Waals surface area contributed by atoms with E-state index in [-0.39, 0.29) is 6.04 Å². The van der Waals surface area contributed by atoms with Crippen molar-refractivity contribution < 1.29 is 27.2 Å². The number of alkyl halides is 3. The van der Waals surface area contributed by atoms with Crippen LogP contribution in [0.2, 0.25) is 0 Å². The smallest absolute Gasteiger partial charge is 0.362 e. The zero-order valence-electron chi connectivity index (χ0n) is 15.4. The van der Waals surface area contributed by atoms with Crippen LogP contribution in [0.1, 0.15) is 18.9 Å². The average Bonchev–Trinajstić information content (AvgIpc) is 3.17. The van der Waals surface area contributed by atoms with Crippen LogP contribution in [0.15, 0.2) is 34.9 Å². The highest BCUT2D eigenvalue weighted by Crippen LogP contribution is 2.23. The number of halogens is 3. The van der Waals surface area contributed by atoms with Crippen molar-refractivity contribution in [3.63, 3.8) is 0 Å². The number of ether oxygens (including phenoxy) is 1. The molecule has 0 saturated carbocycles. The summed E-state index contributed by atoms with van der Waals surface area (Å²) >= 11 is 0. The van der Waals surface area contributed by atoms with Gasteiger partial charge in [0.05, 0.1) is 6.04 Å². The van der Waals surface area contributed by atoms with E-state index >= 15 is 0 Å². The molecular formula is C18H21F3N4O3. The molecule has 28 heavy (non-hydrogen) atoms. The Morgan fingerprint density at radius 2 is 1.89 bits per heavy atom. The van der Waals surface area contributed by atoms with Crippen molar-refractivity contribution in [1.82, 2.24) is 19.9 Å². The first-order chi connectivity index (χ1) is 13.3. The minimum atomic E-state index is -4.43. The monoisotopic (exact) mass is 398 g/mol. The second kappa shape index (κ2) is 8.70. The molecule has 152 valence electrons. The first-order valence-electron chi connectivity index (χ1n) is 8.89. The molecule has 0 bridgehead atoms. The Bertz CT molecular complexity index is 774. The van der Waals surface area contributed by atoms with Gasteiger partial charge in [-0.1, -0.05) is 35.5 Å². The van der Waals surface area contributed by atoms with Gasteiger partial charge in [0, 0.05) is 31.7 Å². The van der Waals surface area contributed by atoms with Crippen molar-refractivity contribution in [2.45, 2.75) is 19.1 Å². The Labute approximate surface area is 160 Å². The molecule has 1 amide bonds. The van der Waals surface area contributed by atoms with Gasteiger partial charge >= 0.3 is 6.18 Å². The summed E-state index contributed by atoms with van der Waals surface area (Å²) < 4.78 is 46.1. The minimum absolute atomic E-state index is 0.135. The SMILES string of the molecule is CC(c1nc(-c2ccccc2)no1)N1CCN(C(=O)COCC(F)(F)F)CC1. The summed E-state index contributed by atoms with van der Waals surface area (Å²) in [5, 5.41) is 4.01. The Morgan fingerprint density at radius 3 is 2.54 bits per heavy atom. The quantitative estimate of drug-likeness (QED) is 0.745. The number of aromatic nitrogens is 2. The van der Waals surface area contributed by atoms with Gasteiger partial charge < -0.3 is 14.2 Å². The fourth-order valence-corrected chi connectivity index (χ4v) is 2.97. The molecule has 1 aliphatic rings. The van der Waals surface area contributed by atoms with Crippen LogP contribution in [0.3, 0.4) is 0 Å². The summed E-state index contributed by atoms with van der Waals surface area (Å²) in [4.78, 5) is 20.0. The number of carbonyl (C=O) groups excluding carboxylic acids is 1. The van der Waals surface area contributed by atoms with Crippen LogP contribution in [0.25, 0.3) is 11.4 Å². The molecular weight excluding hydrogens is 377 g/mol. The molecule has 2 aromatic rings. The minimum Gasteiger partial charge on any atom is -0.362 e. The molecule has 0 radical (unpaired) electrons. The van der Waals surface area contributed by atoms with Gasteiger partial charge in [0.2, 0.25) is 17.6 Å². The van der Waals surface area contributed by atoms with Gasteiger partial charge in [-0.25, -0.2) is 0 Å². The predicted octanol–water partition coefficient (Wildman–Crippen LogP) is 2.52. The number of carbonyl (C=O) groups is 1. The summed E-state index contributed by atoms with van der Waals surface area (Å²) in [6, 6.07) is 9.34. The molecule has 3 rings (SSSR count). The Kier molecular flexibility index (Phi) is 6.30. The molecule has 1 atom stereocenters. The molecule has 0 aliphatic carbocycles. The number of benzene rings is 1. The van der Waals surface area contributed by atoms with Crippen LogP contribution in [0.5, 0.6) is 0 Å². The standard InChI is InChI=1S/C18H21F3N4O3/c1-13(17-22-16(23-28-17)14-5-3-2-4-6-14)24-7-9-25(10-8-24)15(26)11-27-12-18(19,20)21/h2-6,13H,7-12H2,1H3. The molecule has 0 N–H and O–H groups in total. The Morgan fingerprint density at radius 1 is 1.21 bits per heavy atom. The predicted molar refractivity (Wildman–Crippen MR) is 93.2 cm³/mol. The van der Waals surface area contributed by atoms with Crippen LogP contribution in [-0.2, 0) is 9.53 Å². The molecule has 0 spiro atoms. The first-order valence-corrected chi connectivity index (χ1v) is 8.89. The lowest BCUT2D eigenvalue weighted by Gasteiger charge is -2.36. The zero-order valence-corrected chi connectivity index (χ0v) is 15.4. The van der Waals surface area contributed by atoms with Gasteiger partial charge in [-0.05, 0) is 6.92 Å². The van der Waals surface area contributed by atoms with Crippen molar-refractivity contribution in [1.29, 1.82) is 0 Å². The molecule has 10 heteroatoms. The lowest BCUT2D eigenvalue weighted by atomic mass is 10.2. The molecule has 1 aromatic carbocycles. The maximum Gasteiger partial charge on any atom is 0.411 e. The van der Waals surface area contributed by atoms with E-state index in [9.17, 15) is 18.0 Å². The number of hydrogen-bond acceptors (Lipinski definition) is 6. The third kappa shape index (κ3) is 5.29. The van der Waals surface area contributed by atoms with E-state index in [0.717, 1.165) is 5.56 Å². The number of hydrogen-bond donors (Lipinski definition) is 0. The number of nitrogens with zero attached hydrogens (tertiary/aromatic N) is 4. The summed E-state index contributed by atoms with van der Waals surface area (Å²) in [5.41, 5.74) is 0.860. The van der Waals surface area contributed by atoms with E-state index in [1.165, 1.54) is 4.90 Å². The van der Waals surface area contributed by atoms with Crippen LogP contribution in [0.4, 0.5) is 13.2 Å². The Hall–Kier alpha value is -2.46. The fraction of sp³-hybridized carbons (Fsp3) is 0.500. The van der Waals surface area contributed by atoms with Crippen LogP contribution < -0.4 is 0 Å². The molecule has 7 nitrogen and oxygen atoms in total. The van der Waals surface area contributed by atoms with Crippen molar-refractivity contribution in [2.24, 2.45) is 0 Å². The lowest BCUT2D eigenvalue weighted by molar-refractivity contribution is -0.178.